The number of carbonyl (C=O) groups excluding carboxylic acids is 1. The largest absolute Gasteiger partial charge is 0.481 e. The van der Waals surface area contributed by atoms with Crippen molar-refractivity contribution in [2.75, 3.05) is 0 Å². The van der Waals surface area contributed by atoms with E-state index in [1.165, 1.54) is 0 Å². The fourth-order valence-electron chi connectivity index (χ4n) is 2.07. The number of aliphatic carboxylic acids is 1. The van der Waals surface area contributed by atoms with Gasteiger partial charge in [0, 0.05) is 18.3 Å². The minimum atomic E-state index is -0.914. The fraction of sp³-hybridized carbons (Fsp3) is 0.417. The molecule has 96 valence electrons. The van der Waals surface area contributed by atoms with E-state index in [1.54, 1.807) is 12.4 Å². The number of carboxylic acid groups (broad SMARTS) is 1. The van der Waals surface area contributed by atoms with Gasteiger partial charge < -0.3 is 10.4 Å². The first-order valence-corrected chi connectivity index (χ1v) is 5.81. The van der Waals surface area contributed by atoms with Crippen LogP contribution in [0.2, 0.25) is 0 Å². The molecule has 0 saturated carbocycles. The maximum Gasteiger partial charge on any atom is 0.307 e. The highest BCUT2D eigenvalue weighted by Gasteiger charge is 2.33. The van der Waals surface area contributed by atoms with E-state index in [0.29, 0.717) is 19.4 Å². The third-order valence-corrected chi connectivity index (χ3v) is 3.11. The van der Waals surface area contributed by atoms with Crippen LogP contribution in [0.25, 0.3) is 0 Å². The normalized spacial score (nSPS) is 22.7. The summed E-state index contributed by atoms with van der Waals surface area (Å²) in [6, 6.07) is 0. The average Bonchev–Trinajstić information content (AvgIpc) is 2.89. The first kappa shape index (κ1) is 12.3. The molecule has 18 heavy (non-hydrogen) atoms. The molecule has 0 fully saturated rings. The van der Waals surface area contributed by atoms with Crippen molar-refractivity contribution in [1.82, 2.24) is 15.5 Å². The number of amides is 1. The molecule has 0 radical (unpaired) electrons. The summed E-state index contributed by atoms with van der Waals surface area (Å²) < 4.78 is 0. The molecule has 1 aromatic heterocycles. The summed E-state index contributed by atoms with van der Waals surface area (Å²) in [4.78, 5) is 23.0. The molecule has 6 nitrogen and oxygen atoms in total. The van der Waals surface area contributed by atoms with E-state index in [1.807, 2.05) is 12.2 Å². The average molecular weight is 249 g/mol. The zero-order valence-corrected chi connectivity index (χ0v) is 9.80. The Kier molecular flexibility index (Phi) is 3.76. The first-order chi connectivity index (χ1) is 8.68. The second kappa shape index (κ2) is 5.48. The van der Waals surface area contributed by atoms with Crippen molar-refractivity contribution in [3.63, 3.8) is 0 Å². The highest BCUT2D eigenvalue weighted by molar-refractivity contribution is 5.85. The van der Waals surface area contributed by atoms with Crippen LogP contribution in [0.5, 0.6) is 0 Å². The highest BCUT2D eigenvalue weighted by Crippen LogP contribution is 2.26. The molecule has 2 atom stereocenters. The molecular weight excluding hydrogens is 234 g/mol. The van der Waals surface area contributed by atoms with Crippen LogP contribution in [0.3, 0.4) is 0 Å². The van der Waals surface area contributed by atoms with Gasteiger partial charge in [-0.05, 0) is 12.8 Å². The Morgan fingerprint density at radius 1 is 1.39 bits per heavy atom. The molecule has 1 aromatic rings. The van der Waals surface area contributed by atoms with E-state index < -0.39 is 17.8 Å². The monoisotopic (exact) mass is 249 g/mol. The van der Waals surface area contributed by atoms with Gasteiger partial charge in [0.15, 0.2) is 0 Å². The minimum absolute atomic E-state index is 0.215. The zero-order valence-electron chi connectivity index (χ0n) is 9.80. The van der Waals surface area contributed by atoms with Crippen molar-refractivity contribution >= 4 is 11.9 Å². The van der Waals surface area contributed by atoms with Gasteiger partial charge >= 0.3 is 5.97 Å². The standard InChI is InChI=1S/C12H15N3O3/c16-11(13-5-8-6-14-15-7-8)9-3-1-2-4-10(9)12(17)18/h1-2,6-7,9-10H,3-5H2,(H,13,16)(H,14,15)(H,17,18)/t9-,10+/m1/s1. The molecule has 0 saturated heterocycles. The van der Waals surface area contributed by atoms with Gasteiger partial charge in [-0.25, -0.2) is 0 Å². The van der Waals surface area contributed by atoms with Crippen LogP contribution in [0.1, 0.15) is 18.4 Å². The Labute approximate surface area is 104 Å². The van der Waals surface area contributed by atoms with Crippen molar-refractivity contribution in [2.24, 2.45) is 11.8 Å². The van der Waals surface area contributed by atoms with Crippen LogP contribution in [0, 0.1) is 11.8 Å². The lowest BCUT2D eigenvalue weighted by Crippen LogP contribution is -2.38. The fourth-order valence-corrected chi connectivity index (χ4v) is 2.07. The number of nitrogens with one attached hydrogen (secondary N) is 2. The van der Waals surface area contributed by atoms with Gasteiger partial charge in [0.2, 0.25) is 5.91 Å². The number of aromatic nitrogens is 2. The molecule has 0 unspecified atom stereocenters. The first-order valence-electron chi connectivity index (χ1n) is 5.81. The summed E-state index contributed by atoms with van der Waals surface area (Å²) in [5.74, 6) is -2.24. The molecule has 1 heterocycles. The quantitative estimate of drug-likeness (QED) is 0.684. The minimum Gasteiger partial charge on any atom is -0.481 e. The predicted molar refractivity (Wildman–Crippen MR) is 63.4 cm³/mol. The number of carboxylic acids is 1. The molecule has 0 aliphatic heterocycles. The van der Waals surface area contributed by atoms with Crippen molar-refractivity contribution < 1.29 is 14.7 Å². The number of H-pyrrole nitrogens is 1. The molecule has 0 spiro atoms. The Bertz CT molecular complexity index is 453. The maximum atomic E-state index is 12.0. The topological polar surface area (TPSA) is 95.1 Å². The summed E-state index contributed by atoms with van der Waals surface area (Å²) in [6.45, 7) is 0.363. The van der Waals surface area contributed by atoms with E-state index in [4.69, 9.17) is 5.11 Å². The van der Waals surface area contributed by atoms with E-state index in [0.717, 1.165) is 5.56 Å². The Morgan fingerprint density at radius 2 is 2.11 bits per heavy atom. The number of hydrogen-bond acceptors (Lipinski definition) is 3. The highest BCUT2D eigenvalue weighted by atomic mass is 16.4. The summed E-state index contributed by atoms with van der Waals surface area (Å²) in [6.07, 6.45) is 7.89. The van der Waals surface area contributed by atoms with Gasteiger partial charge in [-0.3, -0.25) is 14.7 Å². The van der Waals surface area contributed by atoms with Gasteiger partial charge in [-0.1, -0.05) is 12.2 Å². The maximum absolute atomic E-state index is 12.0. The van der Waals surface area contributed by atoms with Gasteiger partial charge in [-0.2, -0.15) is 5.10 Å². The number of hydrogen-bond donors (Lipinski definition) is 3. The van der Waals surface area contributed by atoms with Crippen molar-refractivity contribution in [1.29, 1.82) is 0 Å². The van der Waals surface area contributed by atoms with Gasteiger partial charge in [-0.15, -0.1) is 0 Å². The van der Waals surface area contributed by atoms with Crippen molar-refractivity contribution in [2.45, 2.75) is 19.4 Å². The summed E-state index contributed by atoms with van der Waals surface area (Å²) in [5, 5.41) is 18.3. The Balaban J connectivity index is 1.94. The van der Waals surface area contributed by atoms with Crippen LogP contribution in [-0.2, 0) is 16.1 Å². The molecule has 1 aliphatic carbocycles. The number of nitrogens with zero attached hydrogens (tertiary/aromatic N) is 1. The van der Waals surface area contributed by atoms with Crippen molar-refractivity contribution in [3.8, 4) is 0 Å². The van der Waals surface area contributed by atoms with E-state index >= 15 is 0 Å². The van der Waals surface area contributed by atoms with Gasteiger partial charge in [0.05, 0.1) is 18.0 Å². The second-order valence-corrected chi connectivity index (χ2v) is 4.32. The van der Waals surface area contributed by atoms with Crippen LogP contribution in [0.4, 0.5) is 0 Å². The number of aromatic amines is 1. The number of carbonyl (C=O) groups is 2. The number of rotatable bonds is 4. The molecule has 3 N–H and O–H groups in total. The van der Waals surface area contributed by atoms with E-state index in [2.05, 4.69) is 15.5 Å². The molecule has 6 heteroatoms. The molecule has 2 rings (SSSR count). The molecule has 1 aliphatic rings. The van der Waals surface area contributed by atoms with Crippen LogP contribution < -0.4 is 5.32 Å². The zero-order chi connectivity index (χ0) is 13.0. The van der Waals surface area contributed by atoms with Crippen LogP contribution in [-0.4, -0.2) is 27.2 Å². The lowest BCUT2D eigenvalue weighted by molar-refractivity contribution is -0.147. The van der Waals surface area contributed by atoms with E-state index in [9.17, 15) is 9.59 Å². The summed E-state index contributed by atoms with van der Waals surface area (Å²) in [7, 11) is 0. The molecular formula is C12H15N3O3. The third-order valence-electron chi connectivity index (χ3n) is 3.11. The lowest BCUT2D eigenvalue weighted by atomic mass is 9.82. The van der Waals surface area contributed by atoms with Crippen molar-refractivity contribution in [3.05, 3.63) is 30.1 Å². The van der Waals surface area contributed by atoms with Gasteiger partial charge in [0.25, 0.3) is 0 Å². The SMILES string of the molecule is O=C(O)[C@H]1CC=CC[C@H]1C(=O)NCc1cn[nH]c1. The smallest absolute Gasteiger partial charge is 0.307 e. The lowest BCUT2D eigenvalue weighted by Gasteiger charge is -2.24. The summed E-state index contributed by atoms with van der Waals surface area (Å²) >= 11 is 0. The van der Waals surface area contributed by atoms with Crippen LogP contribution >= 0.6 is 0 Å². The third kappa shape index (κ3) is 2.77. The second-order valence-electron chi connectivity index (χ2n) is 4.32. The molecule has 0 bridgehead atoms. The molecule has 1 amide bonds. The van der Waals surface area contributed by atoms with E-state index in [-0.39, 0.29) is 5.91 Å². The summed E-state index contributed by atoms with van der Waals surface area (Å²) in [5.41, 5.74) is 0.863. The van der Waals surface area contributed by atoms with Crippen LogP contribution in [0.15, 0.2) is 24.5 Å². The predicted octanol–water partition coefficient (Wildman–Crippen LogP) is 0.693. The number of allylic oxidation sites excluding steroid dienone is 2. The Morgan fingerprint density at radius 3 is 2.72 bits per heavy atom. The Hall–Kier alpha value is -2.11. The molecule has 0 aromatic carbocycles. The van der Waals surface area contributed by atoms with Gasteiger partial charge in [0.1, 0.15) is 0 Å².